The molecule has 2 N–H and O–H groups in total. The number of rotatable bonds is 4. The molecule has 0 spiro atoms. The van der Waals surface area contributed by atoms with E-state index < -0.39 is 0 Å². The van der Waals surface area contributed by atoms with Gasteiger partial charge in [0, 0.05) is 57.5 Å². The van der Waals surface area contributed by atoms with Crippen molar-refractivity contribution in [2.24, 2.45) is 0 Å². The molecule has 1 saturated heterocycles. The molecule has 1 fully saturated rings. The van der Waals surface area contributed by atoms with Crippen LogP contribution < -0.4 is 5.73 Å². The van der Waals surface area contributed by atoms with Crippen LogP contribution in [0.3, 0.4) is 0 Å². The van der Waals surface area contributed by atoms with E-state index in [0.717, 1.165) is 33.7 Å². The number of hydrogen-bond acceptors (Lipinski definition) is 5. The normalized spacial score (nSPS) is 19.8. The van der Waals surface area contributed by atoms with Crippen LogP contribution in [0, 0.1) is 0 Å². The maximum atomic E-state index is 13.2. The number of carbonyl (C=O) groups excluding carboxylic acids is 1. The van der Waals surface area contributed by atoms with Crippen molar-refractivity contribution in [1.82, 2.24) is 14.8 Å². The fourth-order valence-electron chi connectivity index (χ4n) is 4.59. The molecule has 0 unspecified atom stereocenters. The van der Waals surface area contributed by atoms with Gasteiger partial charge in [-0.2, -0.15) is 0 Å². The average Bonchev–Trinajstić information content (AvgIpc) is 3.16. The van der Waals surface area contributed by atoms with Gasteiger partial charge in [-0.25, -0.2) is 0 Å². The summed E-state index contributed by atoms with van der Waals surface area (Å²) < 4.78 is 1.18. The first-order valence-corrected chi connectivity index (χ1v) is 11.9. The summed E-state index contributed by atoms with van der Waals surface area (Å²) in [5.41, 5.74) is 8.69. The van der Waals surface area contributed by atoms with Crippen molar-refractivity contribution < 1.29 is 4.79 Å². The molecule has 32 heavy (non-hydrogen) atoms. The molecule has 2 aromatic carbocycles. The number of nitrogen functional groups attached to an aromatic ring is 1. The number of nitrogens with zero attached hydrogens (tertiary/aromatic N) is 3. The van der Waals surface area contributed by atoms with Crippen LogP contribution in [-0.2, 0) is 17.9 Å². The Kier molecular flexibility index (Phi) is 5.53. The Morgan fingerprint density at radius 1 is 1.12 bits per heavy atom. The molecule has 5 nitrogen and oxygen atoms in total. The number of carbonyl (C=O) groups is 1. The fourth-order valence-corrected chi connectivity index (χ4v) is 5.94. The SMILES string of the molecule is C[C@@H]1CN(Cc2ccc3c(N)ccnc3c2)C(=O)[C@H](C)N1Cc1cc2ccc(Cl)cc2s1. The minimum atomic E-state index is -0.179. The lowest BCUT2D eigenvalue weighted by Gasteiger charge is -2.43. The van der Waals surface area contributed by atoms with Gasteiger partial charge in [0.25, 0.3) is 0 Å². The summed E-state index contributed by atoms with van der Waals surface area (Å²) in [5, 5.41) is 2.90. The maximum absolute atomic E-state index is 13.2. The third-order valence-electron chi connectivity index (χ3n) is 6.30. The quantitative estimate of drug-likeness (QED) is 0.444. The van der Waals surface area contributed by atoms with Crippen LogP contribution >= 0.6 is 22.9 Å². The molecular formula is C25H25ClN4OS. The van der Waals surface area contributed by atoms with Gasteiger partial charge in [-0.1, -0.05) is 29.8 Å². The molecule has 5 rings (SSSR count). The van der Waals surface area contributed by atoms with Crippen LogP contribution in [0.15, 0.2) is 54.7 Å². The molecule has 3 heterocycles. The van der Waals surface area contributed by atoms with E-state index in [1.54, 1.807) is 23.6 Å². The zero-order valence-electron chi connectivity index (χ0n) is 18.1. The third-order valence-corrected chi connectivity index (χ3v) is 7.62. The summed E-state index contributed by atoms with van der Waals surface area (Å²) in [6.45, 7) is 6.25. The Morgan fingerprint density at radius 2 is 1.97 bits per heavy atom. The third kappa shape index (κ3) is 3.94. The Morgan fingerprint density at radius 3 is 2.81 bits per heavy atom. The van der Waals surface area contributed by atoms with Gasteiger partial charge in [-0.3, -0.25) is 14.7 Å². The summed E-state index contributed by atoms with van der Waals surface area (Å²) >= 11 is 7.89. The van der Waals surface area contributed by atoms with Crippen LogP contribution in [0.4, 0.5) is 5.69 Å². The van der Waals surface area contributed by atoms with Crippen molar-refractivity contribution in [3.63, 3.8) is 0 Å². The zero-order chi connectivity index (χ0) is 22.4. The fraction of sp³-hybridized carbons (Fsp3) is 0.280. The number of pyridine rings is 1. The molecule has 164 valence electrons. The molecule has 7 heteroatoms. The van der Waals surface area contributed by atoms with Gasteiger partial charge < -0.3 is 10.6 Å². The summed E-state index contributed by atoms with van der Waals surface area (Å²) in [6, 6.07) is 16.1. The number of benzene rings is 2. The standard InChI is InChI=1S/C25H25ClN4OS/c1-15-12-29(13-17-3-6-21-22(27)7-8-28-23(21)9-17)25(31)16(2)30(15)14-20-10-18-4-5-19(26)11-24(18)32-20/h3-11,15-16H,12-14H2,1-2H3,(H2,27,28)/t15-,16+/m1/s1. The number of piperazine rings is 1. The number of fused-ring (bicyclic) bond motifs is 2. The molecule has 0 bridgehead atoms. The molecule has 0 radical (unpaired) electrons. The minimum absolute atomic E-state index is 0.160. The zero-order valence-corrected chi connectivity index (χ0v) is 19.7. The summed E-state index contributed by atoms with van der Waals surface area (Å²) in [6.07, 6.45) is 1.72. The van der Waals surface area contributed by atoms with Crippen LogP contribution in [-0.4, -0.2) is 39.3 Å². The van der Waals surface area contributed by atoms with Gasteiger partial charge in [0.15, 0.2) is 0 Å². The first kappa shape index (κ1) is 21.2. The summed E-state index contributed by atoms with van der Waals surface area (Å²) in [4.78, 5) is 23.2. The van der Waals surface area contributed by atoms with Crippen LogP contribution in [0.5, 0.6) is 0 Å². The highest BCUT2D eigenvalue weighted by Crippen LogP contribution is 2.31. The van der Waals surface area contributed by atoms with Gasteiger partial charge in [0.2, 0.25) is 5.91 Å². The van der Waals surface area contributed by atoms with E-state index in [0.29, 0.717) is 13.1 Å². The number of thiophene rings is 1. The van der Waals surface area contributed by atoms with Crippen LogP contribution in [0.1, 0.15) is 24.3 Å². The Labute approximate surface area is 196 Å². The second-order valence-electron chi connectivity index (χ2n) is 8.56. The molecule has 0 aliphatic carbocycles. The molecule has 4 aromatic rings. The second-order valence-corrected chi connectivity index (χ2v) is 10.2. The molecule has 2 aromatic heterocycles. The second kappa shape index (κ2) is 8.35. The number of hydrogen-bond donors (Lipinski definition) is 1. The lowest BCUT2D eigenvalue weighted by Crippen LogP contribution is -2.59. The molecule has 1 aliphatic rings. The monoisotopic (exact) mass is 464 g/mol. The number of amides is 1. The maximum Gasteiger partial charge on any atom is 0.240 e. The van der Waals surface area contributed by atoms with Gasteiger partial charge in [-0.05, 0) is 55.1 Å². The van der Waals surface area contributed by atoms with Gasteiger partial charge in [0.05, 0.1) is 11.6 Å². The van der Waals surface area contributed by atoms with E-state index in [9.17, 15) is 4.79 Å². The first-order valence-electron chi connectivity index (χ1n) is 10.7. The summed E-state index contributed by atoms with van der Waals surface area (Å²) in [5.74, 6) is 0.160. The highest BCUT2D eigenvalue weighted by atomic mass is 35.5. The number of aromatic nitrogens is 1. The molecule has 0 saturated carbocycles. The lowest BCUT2D eigenvalue weighted by molar-refractivity contribution is -0.145. The van der Waals surface area contributed by atoms with E-state index in [-0.39, 0.29) is 18.0 Å². The van der Waals surface area contributed by atoms with E-state index in [1.165, 1.54) is 15.0 Å². The highest BCUT2D eigenvalue weighted by molar-refractivity contribution is 7.19. The molecule has 1 aliphatic heterocycles. The van der Waals surface area contributed by atoms with E-state index >= 15 is 0 Å². The average molecular weight is 465 g/mol. The Balaban J connectivity index is 1.32. The Bertz CT molecular complexity index is 1320. The van der Waals surface area contributed by atoms with Crippen molar-refractivity contribution in [2.45, 2.75) is 39.0 Å². The number of nitrogens with two attached hydrogens (primary N) is 1. The predicted molar refractivity (Wildman–Crippen MR) is 133 cm³/mol. The first-order chi connectivity index (χ1) is 15.4. The van der Waals surface area contributed by atoms with Crippen molar-refractivity contribution in [3.8, 4) is 0 Å². The van der Waals surface area contributed by atoms with E-state index in [4.69, 9.17) is 17.3 Å². The Hall–Kier alpha value is -2.67. The molecule has 1 amide bonds. The van der Waals surface area contributed by atoms with Crippen molar-refractivity contribution in [1.29, 1.82) is 0 Å². The van der Waals surface area contributed by atoms with Crippen molar-refractivity contribution >= 4 is 55.5 Å². The van der Waals surface area contributed by atoms with Crippen LogP contribution in [0.2, 0.25) is 5.02 Å². The highest BCUT2D eigenvalue weighted by Gasteiger charge is 2.36. The number of anilines is 1. The van der Waals surface area contributed by atoms with Gasteiger partial charge >= 0.3 is 0 Å². The van der Waals surface area contributed by atoms with E-state index in [2.05, 4.69) is 28.9 Å². The van der Waals surface area contributed by atoms with Crippen LogP contribution in [0.25, 0.3) is 21.0 Å². The minimum Gasteiger partial charge on any atom is -0.398 e. The number of halogens is 1. The smallest absolute Gasteiger partial charge is 0.240 e. The predicted octanol–water partition coefficient (Wildman–Crippen LogP) is 5.31. The molecular weight excluding hydrogens is 440 g/mol. The molecule has 2 atom stereocenters. The van der Waals surface area contributed by atoms with Crippen molar-refractivity contribution in [2.75, 3.05) is 12.3 Å². The topological polar surface area (TPSA) is 62.5 Å². The van der Waals surface area contributed by atoms with E-state index in [1.807, 2.05) is 42.2 Å². The summed E-state index contributed by atoms with van der Waals surface area (Å²) in [7, 11) is 0. The van der Waals surface area contributed by atoms with Crippen molar-refractivity contribution in [3.05, 3.63) is 70.2 Å². The van der Waals surface area contributed by atoms with Gasteiger partial charge in [0.1, 0.15) is 0 Å². The lowest BCUT2D eigenvalue weighted by atomic mass is 10.0. The largest absolute Gasteiger partial charge is 0.398 e. The van der Waals surface area contributed by atoms with Gasteiger partial charge in [-0.15, -0.1) is 11.3 Å².